The Kier molecular flexibility index (Phi) is 5.39. The summed E-state index contributed by atoms with van der Waals surface area (Å²) >= 11 is 0. The molecule has 1 aromatic rings. The number of hydrogen-bond donors (Lipinski definition) is 2. The van der Waals surface area contributed by atoms with Crippen LogP contribution in [-0.4, -0.2) is 36.3 Å². The van der Waals surface area contributed by atoms with Crippen LogP contribution in [0.4, 0.5) is 11.6 Å². The molecule has 2 rings (SSSR count). The van der Waals surface area contributed by atoms with E-state index in [0.29, 0.717) is 5.92 Å². The SMILES string of the molecule is CCNc1ncnc(NCC2CCOCC2)c1CC. The number of anilines is 2. The predicted octanol–water partition coefficient (Wildman–Crippen LogP) is 2.31. The van der Waals surface area contributed by atoms with Gasteiger partial charge in [-0.1, -0.05) is 6.92 Å². The molecule has 1 saturated heterocycles. The molecule has 0 unspecified atom stereocenters. The minimum atomic E-state index is 0.691. The van der Waals surface area contributed by atoms with Crippen molar-refractivity contribution in [3.63, 3.8) is 0 Å². The van der Waals surface area contributed by atoms with Crippen LogP contribution in [0.5, 0.6) is 0 Å². The molecule has 0 saturated carbocycles. The Morgan fingerprint density at radius 2 is 1.84 bits per heavy atom. The van der Waals surface area contributed by atoms with E-state index in [4.69, 9.17) is 4.74 Å². The normalized spacial score (nSPS) is 16.3. The first-order valence-corrected chi connectivity index (χ1v) is 7.24. The molecule has 5 heteroatoms. The van der Waals surface area contributed by atoms with E-state index in [2.05, 4.69) is 34.4 Å². The summed E-state index contributed by atoms with van der Waals surface area (Å²) in [7, 11) is 0. The van der Waals surface area contributed by atoms with Crippen LogP contribution >= 0.6 is 0 Å². The predicted molar refractivity (Wildman–Crippen MR) is 77.6 cm³/mol. The lowest BCUT2D eigenvalue weighted by atomic mass is 10.0. The maximum Gasteiger partial charge on any atom is 0.134 e. The maximum absolute atomic E-state index is 5.38. The molecule has 0 aliphatic carbocycles. The zero-order valence-corrected chi connectivity index (χ0v) is 11.9. The first-order valence-electron chi connectivity index (χ1n) is 7.24. The van der Waals surface area contributed by atoms with Gasteiger partial charge >= 0.3 is 0 Å². The summed E-state index contributed by atoms with van der Waals surface area (Å²) in [5.41, 5.74) is 1.18. The monoisotopic (exact) mass is 264 g/mol. The van der Waals surface area contributed by atoms with Crippen LogP contribution in [-0.2, 0) is 11.2 Å². The largest absolute Gasteiger partial charge is 0.381 e. The molecule has 106 valence electrons. The lowest BCUT2D eigenvalue weighted by Crippen LogP contribution is -2.23. The molecule has 0 bridgehead atoms. The summed E-state index contributed by atoms with van der Waals surface area (Å²) < 4.78 is 5.38. The van der Waals surface area contributed by atoms with Crippen molar-refractivity contribution < 1.29 is 4.74 Å². The Balaban J connectivity index is 2.00. The van der Waals surface area contributed by atoms with Crippen molar-refractivity contribution in [1.82, 2.24) is 9.97 Å². The summed E-state index contributed by atoms with van der Waals surface area (Å²) in [4.78, 5) is 8.70. The Hall–Kier alpha value is -1.36. The van der Waals surface area contributed by atoms with Crippen molar-refractivity contribution in [3.05, 3.63) is 11.9 Å². The molecule has 1 fully saturated rings. The van der Waals surface area contributed by atoms with Crippen LogP contribution in [0.1, 0.15) is 32.3 Å². The molecule has 19 heavy (non-hydrogen) atoms. The Morgan fingerprint density at radius 3 is 2.47 bits per heavy atom. The fourth-order valence-electron chi connectivity index (χ4n) is 2.41. The highest BCUT2D eigenvalue weighted by Crippen LogP contribution is 2.22. The van der Waals surface area contributed by atoms with Crippen LogP contribution in [0.3, 0.4) is 0 Å². The van der Waals surface area contributed by atoms with Gasteiger partial charge in [0.05, 0.1) is 0 Å². The second kappa shape index (κ2) is 7.28. The number of aromatic nitrogens is 2. The van der Waals surface area contributed by atoms with Gasteiger partial charge in [0.2, 0.25) is 0 Å². The van der Waals surface area contributed by atoms with Gasteiger partial charge in [0.25, 0.3) is 0 Å². The van der Waals surface area contributed by atoms with E-state index in [0.717, 1.165) is 57.2 Å². The zero-order chi connectivity index (χ0) is 13.5. The van der Waals surface area contributed by atoms with Crippen molar-refractivity contribution in [2.24, 2.45) is 5.92 Å². The van der Waals surface area contributed by atoms with Crippen molar-refractivity contribution in [1.29, 1.82) is 0 Å². The average Bonchev–Trinajstić information content (AvgIpc) is 2.46. The Bertz CT molecular complexity index is 391. The van der Waals surface area contributed by atoms with E-state index in [9.17, 15) is 0 Å². The number of nitrogens with one attached hydrogen (secondary N) is 2. The smallest absolute Gasteiger partial charge is 0.134 e. The molecule has 2 N–H and O–H groups in total. The number of nitrogens with zero attached hydrogens (tertiary/aromatic N) is 2. The van der Waals surface area contributed by atoms with E-state index in [1.807, 2.05) is 0 Å². The first-order chi connectivity index (χ1) is 9.35. The van der Waals surface area contributed by atoms with Gasteiger partial charge in [-0.25, -0.2) is 9.97 Å². The standard InChI is InChI=1S/C14H24N4O/c1-3-12-13(15-4-2)17-10-18-14(12)16-9-11-5-7-19-8-6-11/h10-11H,3-9H2,1-2H3,(H2,15,16,17,18). The van der Waals surface area contributed by atoms with Gasteiger partial charge in [0.15, 0.2) is 0 Å². The van der Waals surface area contributed by atoms with E-state index in [1.54, 1.807) is 6.33 Å². The molecule has 0 amide bonds. The second-order valence-corrected chi connectivity index (χ2v) is 4.87. The lowest BCUT2D eigenvalue weighted by molar-refractivity contribution is 0.0699. The average molecular weight is 264 g/mol. The molecule has 5 nitrogen and oxygen atoms in total. The third-order valence-corrected chi connectivity index (χ3v) is 3.54. The molecule has 2 heterocycles. The minimum absolute atomic E-state index is 0.691. The van der Waals surface area contributed by atoms with Crippen molar-refractivity contribution in [2.45, 2.75) is 33.1 Å². The van der Waals surface area contributed by atoms with Gasteiger partial charge in [0, 0.05) is 31.9 Å². The Labute approximate surface area is 115 Å². The van der Waals surface area contributed by atoms with Gasteiger partial charge in [-0.2, -0.15) is 0 Å². The van der Waals surface area contributed by atoms with Crippen LogP contribution in [0.2, 0.25) is 0 Å². The van der Waals surface area contributed by atoms with Crippen molar-refractivity contribution in [2.75, 3.05) is 36.9 Å². The third kappa shape index (κ3) is 3.80. The van der Waals surface area contributed by atoms with Crippen LogP contribution in [0.25, 0.3) is 0 Å². The van der Waals surface area contributed by atoms with E-state index in [-0.39, 0.29) is 0 Å². The summed E-state index contributed by atoms with van der Waals surface area (Å²) in [6.07, 6.45) is 4.84. The van der Waals surface area contributed by atoms with Gasteiger partial charge in [0.1, 0.15) is 18.0 Å². The number of ether oxygens (including phenoxy) is 1. The van der Waals surface area contributed by atoms with Crippen molar-refractivity contribution >= 4 is 11.6 Å². The fourth-order valence-corrected chi connectivity index (χ4v) is 2.41. The maximum atomic E-state index is 5.38. The molecule has 1 aliphatic rings. The van der Waals surface area contributed by atoms with Crippen LogP contribution in [0, 0.1) is 5.92 Å². The summed E-state index contributed by atoms with van der Waals surface area (Å²) in [6.45, 7) is 7.84. The molecule has 0 radical (unpaired) electrons. The zero-order valence-electron chi connectivity index (χ0n) is 11.9. The van der Waals surface area contributed by atoms with Crippen molar-refractivity contribution in [3.8, 4) is 0 Å². The van der Waals surface area contributed by atoms with E-state index < -0.39 is 0 Å². The minimum Gasteiger partial charge on any atom is -0.381 e. The highest BCUT2D eigenvalue weighted by Gasteiger charge is 2.15. The lowest BCUT2D eigenvalue weighted by Gasteiger charge is -2.23. The van der Waals surface area contributed by atoms with Crippen LogP contribution in [0.15, 0.2) is 6.33 Å². The van der Waals surface area contributed by atoms with E-state index in [1.165, 1.54) is 5.56 Å². The summed E-state index contributed by atoms with van der Waals surface area (Å²) in [5.74, 6) is 2.62. The first kappa shape index (κ1) is 14.1. The second-order valence-electron chi connectivity index (χ2n) is 4.87. The molecule has 1 aliphatic heterocycles. The quantitative estimate of drug-likeness (QED) is 0.825. The highest BCUT2D eigenvalue weighted by molar-refractivity contribution is 5.57. The summed E-state index contributed by atoms with van der Waals surface area (Å²) in [6, 6.07) is 0. The van der Waals surface area contributed by atoms with Gasteiger partial charge in [-0.3, -0.25) is 0 Å². The Morgan fingerprint density at radius 1 is 1.16 bits per heavy atom. The number of hydrogen-bond acceptors (Lipinski definition) is 5. The molecule has 0 aromatic carbocycles. The van der Waals surface area contributed by atoms with E-state index >= 15 is 0 Å². The topological polar surface area (TPSA) is 59.1 Å². The highest BCUT2D eigenvalue weighted by atomic mass is 16.5. The van der Waals surface area contributed by atoms with Crippen LogP contribution < -0.4 is 10.6 Å². The fraction of sp³-hybridized carbons (Fsp3) is 0.714. The molecular weight excluding hydrogens is 240 g/mol. The molecule has 1 aromatic heterocycles. The molecule has 0 spiro atoms. The number of rotatable bonds is 6. The van der Waals surface area contributed by atoms with Gasteiger partial charge < -0.3 is 15.4 Å². The van der Waals surface area contributed by atoms with Gasteiger partial charge in [-0.15, -0.1) is 0 Å². The molecular formula is C14H24N4O. The molecule has 0 atom stereocenters. The third-order valence-electron chi connectivity index (χ3n) is 3.54. The van der Waals surface area contributed by atoms with Gasteiger partial charge in [-0.05, 0) is 32.1 Å². The summed E-state index contributed by atoms with van der Waals surface area (Å²) in [5, 5.41) is 6.78.